The van der Waals surface area contributed by atoms with Crippen LogP contribution in [-0.4, -0.2) is 26.3 Å². The van der Waals surface area contributed by atoms with Crippen LogP contribution in [0.1, 0.15) is 10.4 Å². The third-order valence-electron chi connectivity index (χ3n) is 2.85. The maximum atomic E-state index is 12.5. The van der Waals surface area contributed by atoms with Gasteiger partial charge in [0.15, 0.2) is 5.65 Å². The summed E-state index contributed by atoms with van der Waals surface area (Å²) in [6.45, 7) is 0. The van der Waals surface area contributed by atoms with Crippen LogP contribution < -0.4 is 5.32 Å². The number of nitrogens with one attached hydrogen (secondary N) is 1. The Hall–Kier alpha value is -2.48. The van der Waals surface area contributed by atoms with E-state index in [0.717, 1.165) is 0 Å². The van der Waals surface area contributed by atoms with Gasteiger partial charge in [-0.1, -0.05) is 23.9 Å². The van der Waals surface area contributed by atoms with E-state index in [1.54, 1.807) is 30.6 Å². The van der Waals surface area contributed by atoms with Gasteiger partial charge in [-0.25, -0.2) is 9.50 Å². The molecule has 22 heavy (non-hydrogen) atoms. The molecule has 0 bridgehead atoms. The molecule has 0 saturated carbocycles. The minimum Gasteiger partial charge on any atom is -0.319 e. The second-order valence-corrected chi connectivity index (χ2v) is 5.34. The number of alkyl halides is 2. The van der Waals surface area contributed by atoms with Gasteiger partial charge >= 0.3 is 0 Å². The first kappa shape index (κ1) is 14.5. The molecule has 0 atom stereocenters. The summed E-state index contributed by atoms with van der Waals surface area (Å²) in [5, 5.41) is 6.65. The number of nitrogens with zero attached hydrogens (tertiary/aromatic N) is 3. The Morgan fingerprint density at radius 1 is 1.27 bits per heavy atom. The number of aromatic nitrogens is 3. The fraction of sp³-hybridized carbons (Fsp3) is 0.0714. The zero-order chi connectivity index (χ0) is 15.5. The number of carbonyl (C=O) groups is 1. The molecule has 112 valence electrons. The number of thioether (sulfide) groups is 1. The van der Waals surface area contributed by atoms with Gasteiger partial charge in [0.2, 0.25) is 0 Å². The van der Waals surface area contributed by atoms with Gasteiger partial charge in [-0.15, -0.1) is 0 Å². The Labute approximate surface area is 128 Å². The predicted molar refractivity (Wildman–Crippen MR) is 79.2 cm³/mol. The van der Waals surface area contributed by atoms with Crippen molar-refractivity contribution >= 4 is 29.0 Å². The number of fused-ring (bicyclic) bond motifs is 1. The molecule has 1 aromatic carbocycles. The van der Waals surface area contributed by atoms with Crippen LogP contribution in [0.25, 0.3) is 5.65 Å². The lowest BCUT2D eigenvalue weighted by atomic mass is 10.2. The topological polar surface area (TPSA) is 59.3 Å². The molecule has 0 radical (unpaired) electrons. The van der Waals surface area contributed by atoms with Crippen LogP contribution in [0.4, 0.5) is 14.5 Å². The number of hydrogen-bond acceptors (Lipinski definition) is 4. The molecular formula is C14H10F2N4OS. The number of benzene rings is 1. The first-order chi connectivity index (χ1) is 10.6. The van der Waals surface area contributed by atoms with Crippen LogP contribution in [0.5, 0.6) is 0 Å². The highest BCUT2D eigenvalue weighted by atomic mass is 32.2. The molecule has 8 heteroatoms. The molecule has 0 aliphatic carbocycles. The summed E-state index contributed by atoms with van der Waals surface area (Å²) in [5.74, 6) is -3.06. The minimum absolute atomic E-state index is 0.188. The summed E-state index contributed by atoms with van der Waals surface area (Å²) >= 11 is 0.341. The van der Waals surface area contributed by atoms with E-state index < -0.39 is 11.7 Å². The molecule has 3 rings (SSSR count). The Kier molecular flexibility index (Phi) is 4.01. The van der Waals surface area contributed by atoms with E-state index >= 15 is 0 Å². The lowest BCUT2D eigenvalue weighted by Crippen LogP contribution is -2.14. The summed E-state index contributed by atoms with van der Waals surface area (Å²) in [6.07, 6.45) is 4.67. The normalized spacial score (nSPS) is 11.0. The van der Waals surface area contributed by atoms with Crippen LogP contribution >= 0.6 is 11.8 Å². The van der Waals surface area contributed by atoms with Crippen molar-refractivity contribution in [2.75, 3.05) is 5.32 Å². The molecular weight excluding hydrogens is 310 g/mol. The van der Waals surface area contributed by atoms with E-state index in [9.17, 15) is 13.6 Å². The smallest absolute Gasteiger partial charge is 0.288 e. The summed E-state index contributed by atoms with van der Waals surface area (Å²) in [7, 11) is 0. The highest BCUT2D eigenvalue weighted by molar-refractivity contribution is 7.99. The maximum Gasteiger partial charge on any atom is 0.288 e. The van der Waals surface area contributed by atoms with E-state index in [1.807, 2.05) is 0 Å². The van der Waals surface area contributed by atoms with Crippen molar-refractivity contribution in [2.45, 2.75) is 10.7 Å². The largest absolute Gasteiger partial charge is 0.319 e. The van der Waals surface area contributed by atoms with E-state index in [2.05, 4.69) is 15.4 Å². The lowest BCUT2D eigenvalue weighted by Gasteiger charge is -2.09. The monoisotopic (exact) mass is 320 g/mol. The third kappa shape index (κ3) is 3.06. The molecule has 1 amide bonds. The van der Waals surface area contributed by atoms with Gasteiger partial charge in [-0.2, -0.15) is 13.9 Å². The summed E-state index contributed by atoms with van der Waals surface area (Å²) in [4.78, 5) is 16.6. The molecule has 1 N–H and O–H groups in total. The highest BCUT2D eigenvalue weighted by Gasteiger charge is 2.15. The van der Waals surface area contributed by atoms with Gasteiger partial charge < -0.3 is 5.32 Å². The van der Waals surface area contributed by atoms with Crippen LogP contribution in [0.15, 0.2) is 53.8 Å². The predicted octanol–water partition coefficient (Wildman–Crippen LogP) is 3.30. The van der Waals surface area contributed by atoms with E-state index in [0.29, 0.717) is 23.1 Å². The minimum atomic E-state index is -2.59. The fourth-order valence-electron chi connectivity index (χ4n) is 1.93. The van der Waals surface area contributed by atoms with Gasteiger partial charge in [0.25, 0.3) is 11.7 Å². The molecule has 2 heterocycles. The molecule has 0 fully saturated rings. The molecule has 2 aromatic heterocycles. The quantitative estimate of drug-likeness (QED) is 0.749. The van der Waals surface area contributed by atoms with Crippen LogP contribution in [0.2, 0.25) is 0 Å². The van der Waals surface area contributed by atoms with Gasteiger partial charge in [-0.05, 0) is 12.1 Å². The second-order valence-electron chi connectivity index (χ2n) is 4.31. The zero-order valence-electron chi connectivity index (χ0n) is 11.1. The summed E-state index contributed by atoms with van der Waals surface area (Å²) in [6, 6.07) is 7.94. The molecule has 0 unspecified atom stereocenters. The molecule has 5 nitrogen and oxygen atoms in total. The summed E-state index contributed by atoms with van der Waals surface area (Å²) < 4.78 is 26.6. The van der Waals surface area contributed by atoms with Crippen molar-refractivity contribution < 1.29 is 13.6 Å². The van der Waals surface area contributed by atoms with Gasteiger partial charge in [0.1, 0.15) is 0 Å². The zero-order valence-corrected chi connectivity index (χ0v) is 11.9. The highest BCUT2D eigenvalue weighted by Crippen LogP contribution is 2.28. The van der Waals surface area contributed by atoms with Crippen LogP contribution in [0.3, 0.4) is 0 Å². The van der Waals surface area contributed by atoms with Crippen LogP contribution in [0, 0.1) is 0 Å². The molecule has 0 aliphatic rings. The number of rotatable bonds is 4. The first-order valence-corrected chi connectivity index (χ1v) is 7.16. The number of carbonyl (C=O) groups excluding carboxylic acids is 1. The van der Waals surface area contributed by atoms with E-state index in [-0.39, 0.29) is 10.5 Å². The fourth-order valence-corrected chi connectivity index (χ4v) is 2.56. The molecule has 0 spiro atoms. The standard InChI is InChI=1S/C14H10F2N4OS/c15-14(16)22-11-4-2-1-3-10(11)13(21)19-9-7-17-12-5-6-18-20(12)8-9/h1-8,14H,(H,19,21). The second kappa shape index (κ2) is 6.10. The van der Waals surface area contributed by atoms with E-state index in [1.165, 1.54) is 22.8 Å². The van der Waals surface area contributed by atoms with E-state index in [4.69, 9.17) is 0 Å². The number of hydrogen-bond donors (Lipinski definition) is 1. The van der Waals surface area contributed by atoms with Gasteiger partial charge in [0, 0.05) is 11.0 Å². The van der Waals surface area contributed by atoms with Crippen molar-refractivity contribution in [3.8, 4) is 0 Å². The van der Waals surface area contributed by atoms with Crippen molar-refractivity contribution in [3.63, 3.8) is 0 Å². The van der Waals surface area contributed by atoms with Crippen LogP contribution in [-0.2, 0) is 0 Å². The third-order valence-corrected chi connectivity index (χ3v) is 3.64. The first-order valence-electron chi connectivity index (χ1n) is 6.28. The molecule has 3 aromatic rings. The lowest BCUT2D eigenvalue weighted by molar-refractivity contribution is 0.102. The average Bonchev–Trinajstić information content (AvgIpc) is 2.94. The van der Waals surface area contributed by atoms with Gasteiger partial charge in [0.05, 0.1) is 29.8 Å². The molecule has 0 saturated heterocycles. The number of amides is 1. The van der Waals surface area contributed by atoms with Gasteiger partial charge in [-0.3, -0.25) is 4.79 Å². The summed E-state index contributed by atoms with van der Waals surface area (Å²) in [5.41, 5.74) is 1.26. The number of anilines is 1. The Bertz CT molecular complexity index is 821. The van der Waals surface area contributed by atoms with Crippen molar-refractivity contribution in [3.05, 3.63) is 54.5 Å². The Morgan fingerprint density at radius 3 is 2.91 bits per heavy atom. The average molecular weight is 320 g/mol. The molecule has 0 aliphatic heterocycles. The SMILES string of the molecule is O=C(Nc1cnc2ccnn2c1)c1ccccc1SC(F)F. The van der Waals surface area contributed by atoms with Crippen molar-refractivity contribution in [2.24, 2.45) is 0 Å². The van der Waals surface area contributed by atoms with Crippen molar-refractivity contribution in [1.82, 2.24) is 14.6 Å². The maximum absolute atomic E-state index is 12.5. The Morgan fingerprint density at radius 2 is 2.09 bits per heavy atom. The number of halogens is 2. The van der Waals surface area contributed by atoms with Crippen molar-refractivity contribution in [1.29, 1.82) is 0 Å². The Balaban J connectivity index is 1.84.